The van der Waals surface area contributed by atoms with Crippen LogP contribution in [0.5, 0.6) is 0 Å². The minimum atomic E-state index is -0.300. The molecule has 1 aromatic heterocycles. The van der Waals surface area contributed by atoms with Crippen LogP contribution in [-0.2, 0) is 17.7 Å². The monoisotopic (exact) mass is 291 g/mol. The molecule has 3 heteroatoms. The topological polar surface area (TPSA) is 34.4 Å². The van der Waals surface area contributed by atoms with E-state index in [9.17, 15) is 5.11 Å². The van der Waals surface area contributed by atoms with Gasteiger partial charge in [-0.15, -0.1) is 0 Å². The molecule has 3 nitrogen and oxygen atoms in total. The Labute approximate surface area is 128 Å². The molecule has 118 valence electrons. The Hall–Kier alpha value is -0.800. The van der Waals surface area contributed by atoms with Gasteiger partial charge >= 0.3 is 0 Å². The van der Waals surface area contributed by atoms with Gasteiger partial charge in [0, 0.05) is 36.0 Å². The summed E-state index contributed by atoms with van der Waals surface area (Å²) in [5, 5.41) is 10.5. The minimum absolute atomic E-state index is 0.186. The second kappa shape index (κ2) is 5.44. The molecule has 2 aliphatic rings. The Morgan fingerprint density at radius 3 is 2.90 bits per heavy atom. The maximum absolute atomic E-state index is 10.5. The van der Waals surface area contributed by atoms with Crippen LogP contribution in [0.25, 0.3) is 0 Å². The molecule has 0 radical (unpaired) electrons. The molecule has 1 fully saturated rings. The van der Waals surface area contributed by atoms with E-state index in [1.54, 1.807) is 0 Å². The zero-order chi connectivity index (χ0) is 15.2. The Bertz CT molecular complexity index is 518. The van der Waals surface area contributed by atoms with Crippen LogP contribution in [0, 0.1) is 18.3 Å². The summed E-state index contributed by atoms with van der Waals surface area (Å²) in [6, 6.07) is 2.20. The van der Waals surface area contributed by atoms with Crippen molar-refractivity contribution in [2.45, 2.75) is 72.1 Å². The first-order valence-electron chi connectivity index (χ1n) is 8.40. The normalized spacial score (nSPS) is 31.4. The molecule has 0 aromatic carbocycles. The van der Waals surface area contributed by atoms with Crippen LogP contribution in [0.2, 0.25) is 0 Å². The highest BCUT2D eigenvalue weighted by Crippen LogP contribution is 2.42. The fraction of sp³-hybridized carbons (Fsp3) is 0.778. The van der Waals surface area contributed by atoms with E-state index < -0.39 is 0 Å². The molecule has 1 N–H and O–H groups in total. The van der Waals surface area contributed by atoms with Crippen LogP contribution in [-0.4, -0.2) is 22.4 Å². The van der Waals surface area contributed by atoms with Crippen molar-refractivity contribution >= 4 is 0 Å². The number of ether oxygens (including phenoxy) is 1. The van der Waals surface area contributed by atoms with E-state index in [4.69, 9.17) is 4.74 Å². The highest BCUT2D eigenvalue weighted by atomic mass is 16.5. The number of nitrogens with zero attached hydrogens (tertiary/aromatic N) is 1. The van der Waals surface area contributed by atoms with E-state index in [0.29, 0.717) is 12.0 Å². The number of fused-ring (bicyclic) bond motifs is 1. The van der Waals surface area contributed by atoms with Crippen LogP contribution in [0.15, 0.2) is 6.07 Å². The van der Waals surface area contributed by atoms with Crippen molar-refractivity contribution in [2.75, 3.05) is 6.61 Å². The quantitative estimate of drug-likeness (QED) is 0.923. The largest absolute Gasteiger partial charge is 0.388 e. The van der Waals surface area contributed by atoms with E-state index in [-0.39, 0.29) is 11.5 Å². The number of aliphatic hydroxyl groups excluding tert-OH is 1. The molecular formula is C18H29NO2. The number of aromatic nitrogens is 1. The Morgan fingerprint density at radius 2 is 2.19 bits per heavy atom. The average Bonchev–Trinajstić information content (AvgIpc) is 2.96. The zero-order valence-corrected chi connectivity index (χ0v) is 13.9. The Morgan fingerprint density at radius 1 is 1.43 bits per heavy atom. The molecule has 3 atom stereocenters. The SMILES string of the molecule is CCC1OCCC1Cn1c(C)cc2c1CC(C)(C)CC2O. The lowest BCUT2D eigenvalue weighted by Crippen LogP contribution is -2.28. The molecule has 1 saturated heterocycles. The lowest BCUT2D eigenvalue weighted by Gasteiger charge is -2.34. The minimum Gasteiger partial charge on any atom is -0.388 e. The first-order valence-corrected chi connectivity index (χ1v) is 8.40. The van der Waals surface area contributed by atoms with Crippen LogP contribution >= 0.6 is 0 Å². The van der Waals surface area contributed by atoms with Crippen molar-refractivity contribution in [1.29, 1.82) is 0 Å². The third-order valence-electron chi connectivity index (χ3n) is 5.37. The van der Waals surface area contributed by atoms with Crippen molar-refractivity contribution in [3.05, 3.63) is 23.0 Å². The van der Waals surface area contributed by atoms with Gasteiger partial charge in [0.05, 0.1) is 12.2 Å². The number of aryl methyl sites for hydroxylation is 1. The molecule has 21 heavy (non-hydrogen) atoms. The summed E-state index contributed by atoms with van der Waals surface area (Å²) in [5.41, 5.74) is 4.00. The van der Waals surface area contributed by atoms with E-state index >= 15 is 0 Å². The second-order valence-corrected chi connectivity index (χ2v) is 7.73. The van der Waals surface area contributed by atoms with Crippen molar-refractivity contribution in [1.82, 2.24) is 4.57 Å². The van der Waals surface area contributed by atoms with Crippen LogP contribution < -0.4 is 0 Å². The molecule has 2 heterocycles. The predicted molar refractivity (Wildman–Crippen MR) is 84.4 cm³/mol. The van der Waals surface area contributed by atoms with Crippen LogP contribution in [0.1, 0.15) is 63.1 Å². The van der Waals surface area contributed by atoms with E-state index in [2.05, 4.69) is 38.3 Å². The van der Waals surface area contributed by atoms with Gasteiger partial charge in [0.2, 0.25) is 0 Å². The summed E-state index contributed by atoms with van der Waals surface area (Å²) in [5.74, 6) is 0.618. The molecule has 0 saturated carbocycles. The number of hydrogen-bond acceptors (Lipinski definition) is 2. The number of hydrogen-bond donors (Lipinski definition) is 1. The summed E-state index contributed by atoms with van der Waals surface area (Å²) in [6.45, 7) is 10.9. The smallest absolute Gasteiger partial charge is 0.0812 e. The molecule has 0 spiro atoms. The van der Waals surface area contributed by atoms with Gasteiger partial charge in [-0.1, -0.05) is 20.8 Å². The predicted octanol–water partition coefficient (Wildman–Crippen LogP) is 3.62. The fourth-order valence-corrected chi connectivity index (χ4v) is 4.24. The summed E-state index contributed by atoms with van der Waals surface area (Å²) < 4.78 is 8.31. The second-order valence-electron chi connectivity index (χ2n) is 7.73. The van der Waals surface area contributed by atoms with E-state index in [0.717, 1.165) is 38.8 Å². The van der Waals surface area contributed by atoms with Crippen LogP contribution in [0.4, 0.5) is 0 Å². The number of rotatable bonds is 3. The van der Waals surface area contributed by atoms with E-state index in [1.807, 2.05) is 0 Å². The van der Waals surface area contributed by atoms with Crippen molar-refractivity contribution in [3.8, 4) is 0 Å². The van der Waals surface area contributed by atoms with Gasteiger partial charge in [-0.3, -0.25) is 0 Å². The molecule has 1 aliphatic carbocycles. The van der Waals surface area contributed by atoms with Gasteiger partial charge in [-0.05, 0) is 44.1 Å². The molecule has 1 aromatic rings. The third-order valence-corrected chi connectivity index (χ3v) is 5.37. The van der Waals surface area contributed by atoms with Crippen molar-refractivity contribution in [3.63, 3.8) is 0 Å². The highest BCUT2D eigenvalue weighted by molar-refractivity contribution is 5.33. The van der Waals surface area contributed by atoms with E-state index in [1.165, 1.54) is 17.0 Å². The molecule has 3 rings (SSSR count). The van der Waals surface area contributed by atoms with Crippen molar-refractivity contribution in [2.24, 2.45) is 11.3 Å². The van der Waals surface area contributed by atoms with Gasteiger partial charge in [0.15, 0.2) is 0 Å². The molecule has 3 unspecified atom stereocenters. The molecule has 0 amide bonds. The first-order chi connectivity index (χ1) is 9.91. The van der Waals surface area contributed by atoms with Gasteiger partial charge in [-0.2, -0.15) is 0 Å². The lowest BCUT2D eigenvalue weighted by molar-refractivity contribution is 0.0814. The standard InChI is InChI=1S/C18H29NO2/c1-5-17-13(6-7-21-17)11-19-12(2)8-14-15(19)9-18(3,4)10-16(14)20/h8,13,16-17,20H,5-7,9-11H2,1-4H3. The highest BCUT2D eigenvalue weighted by Gasteiger charge is 2.35. The van der Waals surface area contributed by atoms with Gasteiger partial charge < -0.3 is 14.4 Å². The summed E-state index contributed by atoms with van der Waals surface area (Å²) >= 11 is 0. The fourth-order valence-electron chi connectivity index (χ4n) is 4.24. The maximum atomic E-state index is 10.5. The lowest BCUT2D eigenvalue weighted by atomic mass is 9.75. The summed E-state index contributed by atoms with van der Waals surface area (Å²) in [6.07, 6.45) is 4.30. The van der Waals surface area contributed by atoms with Crippen LogP contribution in [0.3, 0.4) is 0 Å². The molecule has 0 bridgehead atoms. The molecular weight excluding hydrogens is 262 g/mol. The van der Waals surface area contributed by atoms with Gasteiger partial charge in [0.1, 0.15) is 0 Å². The van der Waals surface area contributed by atoms with Gasteiger partial charge in [-0.25, -0.2) is 0 Å². The first kappa shape index (κ1) is 15.1. The summed E-state index contributed by atoms with van der Waals surface area (Å²) in [4.78, 5) is 0. The zero-order valence-electron chi connectivity index (χ0n) is 13.9. The summed E-state index contributed by atoms with van der Waals surface area (Å²) in [7, 11) is 0. The molecule has 1 aliphatic heterocycles. The van der Waals surface area contributed by atoms with Gasteiger partial charge in [0.25, 0.3) is 0 Å². The average molecular weight is 291 g/mol. The Balaban J connectivity index is 1.90. The maximum Gasteiger partial charge on any atom is 0.0812 e. The number of aliphatic hydroxyl groups is 1. The van der Waals surface area contributed by atoms with Crippen molar-refractivity contribution < 1.29 is 9.84 Å². The Kier molecular flexibility index (Phi) is 3.91. The third kappa shape index (κ3) is 2.78.